The number of nitrogens with one attached hydrogen (secondary N) is 1. The maximum atomic E-state index is 11.8. The summed E-state index contributed by atoms with van der Waals surface area (Å²) >= 11 is 0. The van der Waals surface area contributed by atoms with Crippen LogP contribution in [0.4, 0.5) is 8.78 Å². The number of halogens is 2. The van der Waals surface area contributed by atoms with Crippen LogP contribution in [0.3, 0.4) is 0 Å². The SMILES string of the molecule is CC(C)C(C)(C)CNC(=O)C(F)F. The molecule has 0 aliphatic rings. The molecular formula is C9H17F2NO. The highest BCUT2D eigenvalue weighted by atomic mass is 19.3. The lowest BCUT2D eigenvalue weighted by molar-refractivity contribution is -0.132. The van der Waals surface area contributed by atoms with E-state index in [4.69, 9.17) is 0 Å². The molecular weight excluding hydrogens is 176 g/mol. The molecule has 0 aromatic heterocycles. The zero-order valence-corrected chi connectivity index (χ0v) is 8.53. The van der Waals surface area contributed by atoms with Crippen LogP contribution in [0.15, 0.2) is 0 Å². The smallest absolute Gasteiger partial charge is 0.315 e. The van der Waals surface area contributed by atoms with Gasteiger partial charge in [0.15, 0.2) is 0 Å². The fourth-order valence-corrected chi connectivity index (χ4v) is 0.596. The number of hydrogen-bond acceptors (Lipinski definition) is 1. The molecule has 0 atom stereocenters. The number of rotatable bonds is 4. The van der Waals surface area contributed by atoms with E-state index in [1.54, 1.807) is 0 Å². The van der Waals surface area contributed by atoms with E-state index in [-0.39, 0.29) is 12.0 Å². The summed E-state index contributed by atoms with van der Waals surface area (Å²) in [7, 11) is 0. The maximum absolute atomic E-state index is 11.8. The minimum Gasteiger partial charge on any atom is -0.351 e. The molecule has 1 N–H and O–H groups in total. The second kappa shape index (κ2) is 4.53. The van der Waals surface area contributed by atoms with Gasteiger partial charge in [0, 0.05) is 6.54 Å². The van der Waals surface area contributed by atoms with Crippen molar-refractivity contribution < 1.29 is 13.6 Å². The van der Waals surface area contributed by atoms with E-state index >= 15 is 0 Å². The third-order valence-corrected chi connectivity index (χ3v) is 2.48. The predicted octanol–water partition coefficient (Wildman–Crippen LogP) is 2.05. The summed E-state index contributed by atoms with van der Waals surface area (Å²) in [5.41, 5.74) is -0.148. The predicted molar refractivity (Wildman–Crippen MR) is 47.6 cm³/mol. The molecule has 0 heterocycles. The molecule has 0 fully saturated rings. The molecule has 0 aromatic rings. The summed E-state index contributed by atoms with van der Waals surface area (Å²) in [6.07, 6.45) is -2.91. The fourth-order valence-electron chi connectivity index (χ4n) is 0.596. The number of carbonyl (C=O) groups is 1. The van der Waals surface area contributed by atoms with Gasteiger partial charge in [0.05, 0.1) is 0 Å². The van der Waals surface area contributed by atoms with Crippen molar-refractivity contribution in [1.29, 1.82) is 0 Å². The maximum Gasteiger partial charge on any atom is 0.315 e. The molecule has 2 nitrogen and oxygen atoms in total. The molecule has 0 spiro atoms. The van der Waals surface area contributed by atoms with Crippen LogP contribution in [0.25, 0.3) is 0 Å². The summed E-state index contributed by atoms with van der Waals surface area (Å²) in [6, 6.07) is 0. The second-order valence-corrected chi connectivity index (χ2v) is 4.16. The first-order valence-electron chi connectivity index (χ1n) is 4.33. The molecule has 1 amide bonds. The van der Waals surface area contributed by atoms with Gasteiger partial charge in [-0.15, -0.1) is 0 Å². The lowest BCUT2D eigenvalue weighted by atomic mass is 9.81. The fraction of sp³-hybridized carbons (Fsp3) is 0.889. The van der Waals surface area contributed by atoms with E-state index in [0.29, 0.717) is 5.92 Å². The molecule has 0 rings (SSSR count). The van der Waals surface area contributed by atoms with Crippen LogP contribution in [0.1, 0.15) is 27.7 Å². The Kier molecular flexibility index (Phi) is 4.30. The van der Waals surface area contributed by atoms with E-state index in [0.717, 1.165) is 0 Å². The van der Waals surface area contributed by atoms with E-state index in [2.05, 4.69) is 5.32 Å². The molecule has 0 bridgehead atoms. The topological polar surface area (TPSA) is 29.1 Å². The van der Waals surface area contributed by atoms with Crippen molar-refractivity contribution in [2.45, 2.75) is 34.1 Å². The lowest BCUT2D eigenvalue weighted by Crippen LogP contribution is -2.39. The van der Waals surface area contributed by atoms with Gasteiger partial charge in [0.1, 0.15) is 0 Å². The quantitative estimate of drug-likeness (QED) is 0.727. The Morgan fingerprint density at radius 1 is 1.38 bits per heavy atom. The van der Waals surface area contributed by atoms with E-state index < -0.39 is 12.3 Å². The van der Waals surface area contributed by atoms with Gasteiger partial charge in [-0.25, -0.2) is 0 Å². The third kappa shape index (κ3) is 4.20. The Balaban J connectivity index is 3.95. The average Bonchev–Trinajstić information content (AvgIpc) is 1.99. The van der Waals surface area contributed by atoms with Gasteiger partial charge in [-0.3, -0.25) is 4.79 Å². The van der Waals surface area contributed by atoms with Crippen molar-refractivity contribution in [2.75, 3.05) is 6.54 Å². The van der Waals surface area contributed by atoms with Crippen LogP contribution < -0.4 is 5.32 Å². The van der Waals surface area contributed by atoms with Crippen LogP contribution in [-0.4, -0.2) is 18.9 Å². The average molecular weight is 193 g/mol. The number of hydrogen-bond donors (Lipinski definition) is 1. The minimum atomic E-state index is -2.91. The summed E-state index contributed by atoms with van der Waals surface area (Å²) in [6.45, 7) is 8.14. The molecule has 4 heteroatoms. The number of amides is 1. The van der Waals surface area contributed by atoms with Crippen molar-refractivity contribution in [3.05, 3.63) is 0 Å². The molecule has 0 radical (unpaired) electrons. The van der Waals surface area contributed by atoms with Crippen molar-refractivity contribution in [3.8, 4) is 0 Å². The van der Waals surface area contributed by atoms with Gasteiger partial charge in [-0.2, -0.15) is 8.78 Å². The molecule has 0 saturated carbocycles. The molecule has 0 aliphatic heterocycles. The van der Waals surface area contributed by atoms with Crippen molar-refractivity contribution >= 4 is 5.91 Å². The van der Waals surface area contributed by atoms with Gasteiger partial charge in [0.25, 0.3) is 5.91 Å². The zero-order valence-electron chi connectivity index (χ0n) is 8.53. The Bertz CT molecular complexity index is 178. The van der Waals surface area contributed by atoms with Crippen LogP contribution in [0, 0.1) is 11.3 Å². The summed E-state index contributed by atoms with van der Waals surface area (Å²) < 4.78 is 23.6. The lowest BCUT2D eigenvalue weighted by Gasteiger charge is -2.29. The molecule has 0 aliphatic carbocycles. The standard InChI is InChI=1S/C9H17F2NO/c1-6(2)9(3,4)5-12-8(13)7(10)11/h6-7H,5H2,1-4H3,(H,12,13). The molecule has 13 heavy (non-hydrogen) atoms. The van der Waals surface area contributed by atoms with Gasteiger partial charge in [-0.05, 0) is 11.3 Å². The highest BCUT2D eigenvalue weighted by Gasteiger charge is 2.24. The first-order chi connectivity index (χ1) is 5.77. The largest absolute Gasteiger partial charge is 0.351 e. The van der Waals surface area contributed by atoms with E-state index in [1.807, 2.05) is 27.7 Å². The summed E-state index contributed by atoms with van der Waals surface area (Å²) in [4.78, 5) is 10.6. The molecule has 78 valence electrons. The van der Waals surface area contributed by atoms with E-state index in [9.17, 15) is 13.6 Å². The van der Waals surface area contributed by atoms with Gasteiger partial charge in [0.2, 0.25) is 0 Å². The van der Waals surface area contributed by atoms with Crippen molar-refractivity contribution in [2.24, 2.45) is 11.3 Å². The Morgan fingerprint density at radius 3 is 2.15 bits per heavy atom. The monoisotopic (exact) mass is 193 g/mol. The minimum absolute atomic E-state index is 0.148. The van der Waals surface area contributed by atoms with Gasteiger partial charge in [-0.1, -0.05) is 27.7 Å². The van der Waals surface area contributed by atoms with Crippen LogP contribution in [-0.2, 0) is 4.79 Å². The summed E-state index contributed by atoms with van der Waals surface area (Å²) in [5.74, 6) is -0.848. The highest BCUT2D eigenvalue weighted by molar-refractivity contribution is 5.79. The highest BCUT2D eigenvalue weighted by Crippen LogP contribution is 2.24. The van der Waals surface area contributed by atoms with Gasteiger partial charge >= 0.3 is 6.43 Å². The van der Waals surface area contributed by atoms with Gasteiger partial charge < -0.3 is 5.32 Å². The molecule has 0 saturated heterocycles. The Hall–Kier alpha value is -0.670. The first-order valence-corrected chi connectivity index (χ1v) is 4.33. The molecule has 0 unspecified atom stereocenters. The van der Waals surface area contributed by atoms with Crippen molar-refractivity contribution in [1.82, 2.24) is 5.32 Å². The normalized spacial score (nSPS) is 12.3. The molecule has 0 aromatic carbocycles. The van der Waals surface area contributed by atoms with Crippen LogP contribution in [0.5, 0.6) is 0 Å². The second-order valence-electron chi connectivity index (χ2n) is 4.16. The van der Waals surface area contributed by atoms with Crippen LogP contribution in [0.2, 0.25) is 0 Å². The Morgan fingerprint density at radius 2 is 1.85 bits per heavy atom. The number of alkyl halides is 2. The van der Waals surface area contributed by atoms with E-state index in [1.165, 1.54) is 0 Å². The summed E-state index contributed by atoms with van der Waals surface area (Å²) in [5, 5.41) is 2.21. The zero-order chi connectivity index (χ0) is 10.6. The first kappa shape index (κ1) is 12.3. The van der Waals surface area contributed by atoms with Crippen LogP contribution >= 0.6 is 0 Å². The number of carbonyl (C=O) groups excluding carboxylic acids is 1. The Labute approximate surface area is 77.7 Å². The third-order valence-electron chi connectivity index (χ3n) is 2.48. The van der Waals surface area contributed by atoms with Crippen molar-refractivity contribution in [3.63, 3.8) is 0 Å².